The lowest BCUT2D eigenvalue weighted by Crippen LogP contribution is -2.37. The Balaban J connectivity index is 1.56. The van der Waals surface area contributed by atoms with Crippen molar-refractivity contribution in [3.63, 3.8) is 0 Å². The summed E-state index contributed by atoms with van der Waals surface area (Å²) in [6.07, 6.45) is 3.10. The van der Waals surface area contributed by atoms with Gasteiger partial charge in [-0.25, -0.2) is 4.39 Å². The number of hydrogen-bond acceptors (Lipinski definition) is 4. The van der Waals surface area contributed by atoms with Gasteiger partial charge in [0, 0.05) is 45.5 Å². The number of allylic oxidation sites excluding steroid dienone is 3. The van der Waals surface area contributed by atoms with Crippen molar-refractivity contribution in [3.8, 4) is 0 Å². The predicted molar refractivity (Wildman–Crippen MR) is 142 cm³/mol. The number of carbonyl (C=O) groups excluding carboxylic acids is 2. The minimum Gasteiger partial charge on any atom is -0.362 e. The number of halogens is 1. The van der Waals surface area contributed by atoms with E-state index < -0.39 is 11.7 Å². The Bertz CT molecular complexity index is 1380. The van der Waals surface area contributed by atoms with Gasteiger partial charge in [0.2, 0.25) is 0 Å². The molecule has 182 valence electrons. The van der Waals surface area contributed by atoms with Gasteiger partial charge >= 0.3 is 0 Å². The van der Waals surface area contributed by atoms with Crippen molar-refractivity contribution in [2.24, 2.45) is 0 Å². The standard InChI is InChI=1S/C30H27FN2O2S/c1-18-27(30(35)33-23-10-6-9-22(31)17-23)28(20-11-13-24(36-2)14-12-20)29-25(32-18)15-21(16-26(29)34)19-7-4-3-5-8-19/h3-14,17,21,28,32H,15-16H2,1-2H3,(H,33,35)/t21-,28+/m0/s1. The van der Waals surface area contributed by atoms with Crippen molar-refractivity contribution in [2.45, 2.75) is 36.5 Å². The van der Waals surface area contributed by atoms with Gasteiger partial charge in [0.05, 0.1) is 0 Å². The van der Waals surface area contributed by atoms with Gasteiger partial charge < -0.3 is 10.6 Å². The number of ketones is 1. The summed E-state index contributed by atoms with van der Waals surface area (Å²) in [6.45, 7) is 1.87. The Morgan fingerprint density at radius 2 is 1.72 bits per heavy atom. The lowest BCUT2D eigenvalue weighted by atomic mass is 9.71. The fourth-order valence-corrected chi connectivity index (χ4v) is 5.60. The molecule has 0 bridgehead atoms. The fourth-order valence-electron chi connectivity index (χ4n) is 5.20. The second kappa shape index (κ2) is 10.2. The topological polar surface area (TPSA) is 58.2 Å². The van der Waals surface area contributed by atoms with Gasteiger partial charge in [-0.15, -0.1) is 11.8 Å². The molecule has 5 rings (SSSR count). The molecule has 2 atom stereocenters. The molecule has 1 aliphatic carbocycles. The minimum atomic E-state index is -0.505. The van der Waals surface area contributed by atoms with Crippen LogP contribution in [0.25, 0.3) is 0 Å². The van der Waals surface area contributed by atoms with Crippen molar-refractivity contribution in [1.82, 2.24) is 5.32 Å². The maximum Gasteiger partial charge on any atom is 0.254 e. The lowest BCUT2D eigenvalue weighted by molar-refractivity contribution is -0.116. The number of Topliss-reactive ketones (excluding diaryl/α,β-unsaturated/α-hetero) is 1. The third-order valence-electron chi connectivity index (χ3n) is 6.87. The molecule has 0 fully saturated rings. The average molecular weight is 499 g/mol. The van der Waals surface area contributed by atoms with Crippen LogP contribution in [0.15, 0.2) is 106 Å². The third-order valence-corrected chi connectivity index (χ3v) is 7.62. The highest BCUT2D eigenvalue weighted by Gasteiger charge is 2.40. The molecule has 0 radical (unpaired) electrons. The molecular formula is C30H27FN2O2S. The summed E-state index contributed by atoms with van der Waals surface area (Å²) >= 11 is 1.64. The zero-order valence-electron chi connectivity index (χ0n) is 20.2. The number of benzene rings is 3. The van der Waals surface area contributed by atoms with Crippen LogP contribution in [-0.4, -0.2) is 17.9 Å². The quantitative estimate of drug-likeness (QED) is 0.392. The van der Waals surface area contributed by atoms with Crippen molar-refractivity contribution >= 4 is 29.1 Å². The maximum atomic E-state index is 13.8. The molecular weight excluding hydrogens is 471 g/mol. The number of carbonyl (C=O) groups is 2. The Morgan fingerprint density at radius 3 is 2.42 bits per heavy atom. The van der Waals surface area contributed by atoms with Gasteiger partial charge in [-0.1, -0.05) is 48.5 Å². The first-order chi connectivity index (χ1) is 17.4. The molecule has 0 saturated heterocycles. The van der Waals surface area contributed by atoms with Crippen molar-refractivity contribution in [1.29, 1.82) is 0 Å². The van der Waals surface area contributed by atoms with Gasteiger partial charge in [-0.3, -0.25) is 9.59 Å². The van der Waals surface area contributed by atoms with Crippen LogP contribution in [0.1, 0.15) is 42.7 Å². The van der Waals surface area contributed by atoms with Gasteiger partial charge in [0.25, 0.3) is 5.91 Å². The number of rotatable bonds is 5. The van der Waals surface area contributed by atoms with E-state index in [1.165, 1.54) is 12.1 Å². The highest BCUT2D eigenvalue weighted by Crippen LogP contribution is 2.45. The van der Waals surface area contributed by atoms with Crippen LogP contribution in [0.4, 0.5) is 10.1 Å². The van der Waals surface area contributed by atoms with Crippen LogP contribution >= 0.6 is 11.8 Å². The van der Waals surface area contributed by atoms with Gasteiger partial charge in [-0.05, 0) is 67.0 Å². The number of dihydropyridines is 1. The van der Waals surface area contributed by atoms with E-state index in [2.05, 4.69) is 22.8 Å². The highest BCUT2D eigenvalue weighted by molar-refractivity contribution is 7.98. The van der Waals surface area contributed by atoms with Gasteiger partial charge in [0.15, 0.2) is 5.78 Å². The van der Waals surface area contributed by atoms with Crippen LogP contribution < -0.4 is 10.6 Å². The second-order valence-corrected chi connectivity index (χ2v) is 10.0. The van der Waals surface area contributed by atoms with E-state index in [-0.39, 0.29) is 17.6 Å². The summed E-state index contributed by atoms with van der Waals surface area (Å²) in [5, 5.41) is 6.23. The largest absolute Gasteiger partial charge is 0.362 e. The number of anilines is 1. The summed E-state index contributed by atoms with van der Waals surface area (Å²) in [5.74, 6) is -1.16. The highest BCUT2D eigenvalue weighted by atomic mass is 32.2. The zero-order chi connectivity index (χ0) is 25.2. The Labute approximate surface area is 214 Å². The summed E-state index contributed by atoms with van der Waals surface area (Å²) in [5.41, 5.74) is 5.08. The fraction of sp³-hybridized carbons (Fsp3) is 0.200. The van der Waals surface area contributed by atoms with Crippen LogP contribution in [0.2, 0.25) is 0 Å². The zero-order valence-corrected chi connectivity index (χ0v) is 21.0. The first-order valence-corrected chi connectivity index (χ1v) is 13.2. The maximum absolute atomic E-state index is 13.8. The van der Waals surface area contributed by atoms with Crippen LogP contribution in [0.5, 0.6) is 0 Å². The monoisotopic (exact) mass is 498 g/mol. The van der Waals surface area contributed by atoms with Crippen molar-refractivity contribution in [2.75, 3.05) is 11.6 Å². The molecule has 1 aliphatic heterocycles. The molecule has 0 unspecified atom stereocenters. The molecule has 3 aromatic rings. The molecule has 1 amide bonds. The van der Waals surface area contributed by atoms with Crippen molar-refractivity contribution in [3.05, 3.63) is 118 Å². The van der Waals surface area contributed by atoms with E-state index in [0.29, 0.717) is 35.4 Å². The first-order valence-electron chi connectivity index (χ1n) is 11.9. The van der Waals surface area contributed by atoms with E-state index in [9.17, 15) is 14.0 Å². The molecule has 0 saturated carbocycles. The van der Waals surface area contributed by atoms with E-state index in [0.717, 1.165) is 21.7 Å². The summed E-state index contributed by atoms with van der Waals surface area (Å²) in [4.78, 5) is 28.4. The molecule has 0 spiro atoms. The summed E-state index contributed by atoms with van der Waals surface area (Å²) in [7, 11) is 0. The normalized spacial score (nSPS) is 19.6. The van der Waals surface area contributed by atoms with Gasteiger partial charge in [-0.2, -0.15) is 0 Å². The molecule has 4 nitrogen and oxygen atoms in total. The first kappa shape index (κ1) is 24.1. The molecule has 3 aromatic carbocycles. The van der Waals surface area contributed by atoms with Crippen LogP contribution in [0.3, 0.4) is 0 Å². The summed E-state index contributed by atoms with van der Waals surface area (Å²) < 4.78 is 13.8. The van der Waals surface area contributed by atoms with E-state index in [1.54, 1.807) is 23.9 Å². The second-order valence-electron chi connectivity index (χ2n) is 9.17. The Hall–Kier alpha value is -3.64. The van der Waals surface area contributed by atoms with Crippen LogP contribution in [-0.2, 0) is 9.59 Å². The van der Waals surface area contributed by atoms with Crippen LogP contribution in [0, 0.1) is 5.82 Å². The number of nitrogens with one attached hydrogen (secondary N) is 2. The number of amides is 1. The molecule has 2 N–H and O–H groups in total. The average Bonchev–Trinajstić information content (AvgIpc) is 2.88. The van der Waals surface area contributed by atoms with E-state index in [1.807, 2.05) is 55.6 Å². The third kappa shape index (κ3) is 4.73. The number of hydrogen-bond donors (Lipinski definition) is 2. The van der Waals surface area contributed by atoms with Crippen molar-refractivity contribution < 1.29 is 14.0 Å². The molecule has 36 heavy (non-hydrogen) atoms. The molecule has 2 aliphatic rings. The smallest absolute Gasteiger partial charge is 0.254 e. The molecule has 0 aromatic heterocycles. The summed E-state index contributed by atoms with van der Waals surface area (Å²) in [6, 6.07) is 23.9. The van der Waals surface area contributed by atoms with E-state index in [4.69, 9.17) is 0 Å². The van der Waals surface area contributed by atoms with E-state index >= 15 is 0 Å². The molecule has 1 heterocycles. The Kier molecular flexibility index (Phi) is 6.79. The number of thioether (sulfide) groups is 1. The Morgan fingerprint density at radius 1 is 0.972 bits per heavy atom. The van der Waals surface area contributed by atoms with Gasteiger partial charge in [0.1, 0.15) is 5.82 Å². The SMILES string of the molecule is CSc1ccc([C@@H]2C(C(=O)Nc3cccc(F)c3)=C(C)NC3=C2C(=O)C[C@@H](c2ccccc2)C3)cc1. The molecule has 6 heteroatoms. The predicted octanol–water partition coefficient (Wildman–Crippen LogP) is 6.55. The lowest BCUT2D eigenvalue weighted by Gasteiger charge is -2.37. The minimum absolute atomic E-state index is 0.0418.